The normalized spacial score (nSPS) is 22.5. The molecule has 1 spiro atoms. The number of likely N-dealkylation sites (tertiary alicyclic amines) is 1. The molecular formula is C16H24N2O2. The first-order chi connectivity index (χ1) is 9.60. The summed E-state index contributed by atoms with van der Waals surface area (Å²) < 4.78 is 11.5. The standard InChI is InChI=1S/C16H24N2O2/c1-18-10-16(11-18)7-5-13(6-8-16)20-15-9-12(17)3-4-14(15)19-2/h3-4,9,13H,5-8,10-11,17H2,1-2H3. The SMILES string of the molecule is COc1ccc(N)cc1OC1CCC2(CC1)CN(C)C2. The summed E-state index contributed by atoms with van der Waals surface area (Å²) in [5.74, 6) is 1.54. The van der Waals surface area contributed by atoms with E-state index in [1.807, 2.05) is 18.2 Å². The number of hydrogen-bond donors (Lipinski definition) is 1. The lowest BCUT2D eigenvalue weighted by atomic mass is 9.68. The van der Waals surface area contributed by atoms with Crippen LogP contribution in [0.4, 0.5) is 5.69 Å². The Morgan fingerprint density at radius 2 is 1.90 bits per heavy atom. The van der Waals surface area contributed by atoms with Crippen molar-refractivity contribution >= 4 is 5.69 Å². The number of ether oxygens (including phenoxy) is 2. The van der Waals surface area contributed by atoms with Crippen LogP contribution < -0.4 is 15.2 Å². The molecular weight excluding hydrogens is 252 g/mol. The lowest BCUT2D eigenvalue weighted by Gasteiger charge is -2.52. The average molecular weight is 276 g/mol. The summed E-state index contributed by atoms with van der Waals surface area (Å²) in [6, 6.07) is 5.57. The van der Waals surface area contributed by atoms with Crippen molar-refractivity contribution in [2.75, 3.05) is 33.0 Å². The van der Waals surface area contributed by atoms with Crippen LogP contribution in [0.25, 0.3) is 0 Å². The molecule has 1 saturated carbocycles. The molecule has 0 bridgehead atoms. The summed E-state index contributed by atoms with van der Waals surface area (Å²) in [4.78, 5) is 2.40. The minimum absolute atomic E-state index is 0.294. The number of benzene rings is 1. The second-order valence-corrected chi connectivity index (χ2v) is 6.40. The molecule has 1 saturated heterocycles. The van der Waals surface area contributed by atoms with Crippen LogP contribution in [-0.2, 0) is 0 Å². The van der Waals surface area contributed by atoms with E-state index in [4.69, 9.17) is 15.2 Å². The molecule has 0 atom stereocenters. The van der Waals surface area contributed by atoms with Gasteiger partial charge in [-0.1, -0.05) is 0 Å². The van der Waals surface area contributed by atoms with Gasteiger partial charge in [0.25, 0.3) is 0 Å². The van der Waals surface area contributed by atoms with E-state index in [1.54, 1.807) is 7.11 Å². The van der Waals surface area contributed by atoms with Gasteiger partial charge in [-0.25, -0.2) is 0 Å². The molecule has 1 aliphatic heterocycles. The van der Waals surface area contributed by atoms with Crippen LogP contribution in [0.3, 0.4) is 0 Å². The zero-order valence-electron chi connectivity index (χ0n) is 12.4. The van der Waals surface area contributed by atoms with Crippen molar-refractivity contribution in [1.29, 1.82) is 0 Å². The van der Waals surface area contributed by atoms with Gasteiger partial charge >= 0.3 is 0 Å². The number of methoxy groups -OCH3 is 1. The molecule has 4 nitrogen and oxygen atoms in total. The Morgan fingerprint density at radius 1 is 1.20 bits per heavy atom. The van der Waals surface area contributed by atoms with Gasteiger partial charge in [0.2, 0.25) is 0 Å². The third-order valence-corrected chi connectivity index (χ3v) is 4.69. The predicted octanol–water partition coefficient (Wildman–Crippen LogP) is 2.53. The largest absolute Gasteiger partial charge is 0.493 e. The van der Waals surface area contributed by atoms with E-state index in [0.29, 0.717) is 17.2 Å². The Morgan fingerprint density at radius 3 is 2.50 bits per heavy atom. The molecule has 2 aliphatic rings. The number of nitrogens with zero attached hydrogens (tertiary/aromatic N) is 1. The van der Waals surface area contributed by atoms with E-state index in [0.717, 1.165) is 24.3 Å². The zero-order valence-corrected chi connectivity index (χ0v) is 12.4. The number of anilines is 1. The molecule has 20 heavy (non-hydrogen) atoms. The number of nitrogen functional groups attached to an aromatic ring is 1. The first-order valence-electron chi connectivity index (χ1n) is 7.39. The van der Waals surface area contributed by atoms with Gasteiger partial charge < -0.3 is 20.1 Å². The van der Waals surface area contributed by atoms with Crippen LogP contribution >= 0.6 is 0 Å². The minimum atomic E-state index is 0.294. The smallest absolute Gasteiger partial charge is 0.163 e. The lowest BCUT2D eigenvalue weighted by Crippen LogP contribution is -2.56. The van der Waals surface area contributed by atoms with Gasteiger partial charge in [0.15, 0.2) is 11.5 Å². The molecule has 0 unspecified atom stereocenters. The fourth-order valence-electron chi connectivity index (χ4n) is 3.70. The fourth-order valence-corrected chi connectivity index (χ4v) is 3.70. The van der Waals surface area contributed by atoms with E-state index in [2.05, 4.69) is 11.9 Å². The topological polar surface area (TPSA) is 47.7 Å². The maximum Gasteiger partial charge on any atom is 0.163 e. The van der Waals surface area contributed by atoms with Crippen LogP contribution in [0, 0.1) is 5.41 Å². The molecule has 2 N–H and O–H groups in total. The maximum absolute atomic E-state index is 6.13. The quantitative estimate of drug-likeness (QED) is 0.862. The van der Waals surface area contributed by atoms with Gasteiger partial charge in [0.1, 0.15) is 0 Å². The molecule has 1 aromatic carbocycles. The van der Waals surface area contributed by atoms with Crippen molar-refractivity contribution in [2.45, 2.75) is 31.8 Å². The van der Waals surface area contributed by atoms with Gasteiger partial charge in [-0.3, -0.25) is 0 Å². The Kier molecular flexibility index (Phi) is 3.50. The fraction of sp³-hybridized carbons (Fsp3) is 0.625. The lowest BCUT2D eigenvalue weighted by molar-refractivity contribution is -0.0352. The zero-order chi connectivity index (χ0) is 14.2. The summed E-state index contributed by atoms with van der Waals surface area (Å²) in [6.45, 7) is 2.50. The first-order valence-corrected chi connectivity index (χ1v) is 7.39. The molecule has 4 heteroatoms. The Bertz CT molecular complexity index is 473. The molecule has 3 rings (SSSR count). The Labute approximate surface area is 120 Å². The van der Waals surface area contributed by atoms with E-state index < -0.39 is 0 Å². The van der Waals surface area contributed by atoms with Crippen molar-refractivity contribution < 1.29 is 9.47 Å². The summed E-state index contributed by atoms with van der Waals surface area (Å²) in [6.07, 6.45) is 5.10. The minimum Gasteiger partial charge on any atom is -0.493 e. The highest BCUT2D eigenvalue weighted by molar-refractivity contribution is 5.52. The number of hydrogen-bond acceptors (Lipinski definition) is 4. The molecule has 110 valence electrons. The third-order valence-electron chi connectivity index (χ3n) is 4.69. The highest BCUT2D eigenvalue weighted by Crippen LogP contribution is 2.44. The molecule has 0 aromatic heterocycles. The Hall–Kier alpha value is -1.42. The number of nitrogens with two attached hydrogens (primary N) is 1. The highest BCUT2D eigenvalue weighted by Gasteiger charge is 2.43. The second-order valence-electron chi connectivity index (χ2n) is 6.40. The predicted molar refractivity (Wildman–Crippen MR) is 80.2 cm³/mol. The number of rotatable bonds is 3. The van der Waals surface area contributed by atoms with Crippen molar-refractivity contribution in [1.82, 2.24) is 4.90 Å². The monoisotopic (exact) mass is 276 g/mol. The van der Waals surface area contributed by atoms with Crippen molar-refractivity contribution in [3.8, 4) is 11.5 Å². The first kappa shape index (κ1) is 13.6. The third kappa shape index (κ3) is 2.57. The van der Waals surface area contributed by atoms with E-state index in [9.17, 15) is 0 Å². The van der Waals surface area contributed by atoms with Crippen LogP contribution in [0.15, 0.2) is 18.2 Å². The summed E-state index contributed by atoms with van der Waals surface area (Å²) in [5, 5.41) is 0. The van der Waals surface area contributed by atoms with Gasteiger partial charge in [0.05, 0.1) is 13.2 Å². The summed E-state index contributed by atoms with van der Waals surface area (Å²) in [7, 11) is 3.86. The van der Waals surface area contributed by atoms with E-state index >= 15 is 0 Å². The average Bonchev–Trinajstić information content (AvgIpc) is 2.40. The molecule has 2 fully saturated rings. The molecule has 1 aliphatic carbocycles. The van der Waals surface area contributed by atoms with Crippen LogP contribution in [0.2, 0.25) is 0 Å². The van der Waals surface area contributed by atoms with Gasteiger partial charge in [0, 0.05) is 24.8 Å². The van der Waals surface area contributed by atoms with E-state index in [1.165, 1.54) is 25.9 Å². The van der Waals surface area contributed by atoms with Crippen molar-refractivity contribution in [2.24, 2.45) is 5.41 Å². The second kappa shape index (κ2) is 5.17. The molecule has 0 amide bonds. The van der Waals surface area contributed by atoms with Crippen molar-refractivity contribution in [3.63, 3.8) is 0 Å². The van der Waals surface area contributed by atoms with Crippen LogP contribution in [0.1, 0.15) is 25.7 Å². The van der Waals surface area contributed by atoms with E-state index in [-0.39, 0.29) is 0 Å². The molecule has 1 heterocycles. The maximum atomic E-state index is 6.13. The molecule has 1 aromatic rings. The van der Waals surface area contributed by atoms with Gasteiger partial charge in [-0.05, 0) is 50.3 Å². The van der Waals surface area contributed by atoms with Crippen LogP contribution in [-0.4, -0.2) is 38.3 Å². The van der Waals surface area contributed by atoms with Crippen LogP contribution in [0.5, 0.6) is 11.5 Å². The highest BCUT2D eigenvalue weighted by atomic mass is 16.5. The Balaban J connectivity index is 1.61. The van der Waals surface area contributed by atoms with Crippen molar-refractivity contribution in [3.05, 3.63) is 18.2 Å². The van der Waals surface area contributed by atoms with Gasteiger partial charge in [-0.2, -0.15) is 0 Å². The van der Waals surface area contributed by atoms with Gasteiger partial charge in [-0.15, -0.1) is 0 Å². The summed E-state index contributed by atoms with van der Waals surface area (Å²) in [5.41, 5.74) is 7.13. The summed E-state index contributed by atoms with van der Waals surface area (Å²) >= 11 is 0. The molecule has 0 radical (unpaired) electrons.